The van der Waals surface area contributed by atoms with E-state index in [1.54, 1.807) is 13.3 Å². The molecule has 19 heavy (non-hydrogen) atoms. The van der Waals surface area contributed by atoms with Gasteiger partial charge in [0.1, 0.15) is 0 Å². The average molecular weight is 281 g/mol. The lowest BCUT2D eigenvalue weighted by atomic mass is 10.2. The Balaban J connectivity index is 2.93. The van der Waals surface area contributed by atoms with Crippen LogP contribution >= 0.6 is 11.3 Å². The highest BCUT2D eigenvalue weighted by atomic mass is 32.1. The molecule has 0 N–H and O–H groups in total. The van der Waals surface area contributed by atoms with E-state index in [-0.39, 0.29) is 5.97 Å². The van der Waals surface area contributed by atoms with Crippen molar-refractivity contribution in [1.82, 2.24) is 9.88 Å². The number of carbonyl (C=O) groups excluding carboxylic acids is 1. The summed E-state index contributed by atoms with van der Waals surface area (Å²) in [7, 11) is 3.78. The van der Waals surface area contributed by atoms with Crippen LogP contribution in [0.1, 0.15) is 26.0 Å². The number of allylic oxidation sites excluding steroid dienone is 1. The van der Waals surface area contributed by atoms with Crippen LogP contribution in [0.2, 0.25) is 0 Å². The molecule has 1 rings (SSSR count). The number of thiazole rings is 1. The minimum Gasteiger partial charge on any atom is -0.462 e. The molecule has 0 unspecified atom stereocenters. The van der Waals surface area contributed by atoms with Gasteiger partial charge in [-0.1, -0.05) is 13.0 Å². The van der Waals surface area contributed by atoms with Gasteiger partial charge in [-0.15, -0.1) is 11.3 Å². The lowest BCUT2D eigenvalue weighted by Gasteiger charge is -2.03. The Morgan fingerprint density at radius 1 is 1.53 bits per heavy atom. The van der Waals surface area contributed by atoms with E-state index < -0.39 is 0 Å². The SMILES string of the molecule is CC/C=C(/C(=O)OCC)c1csc(/N=C/N(C)C)n1. The van der Waals surface area contributed by atoms with Gasteiger partial charge in [0.05, 0.1) is 24.2 Å². The van der Waals surface area contributed by atoms with Crippen LogP contribution in [0.5, 0.6) is 0 Å². The number of aromatic nitrogens is 1. The normalized spacial score (nSPS) is 11.9. The van der Waals surface area contributed by atoms with Gasteiger partial charge >= 0.3 is 5.97 Å². The molecule has 1 aromatic rings. The predicted octanol–water partition coefficient (Wildman–Crippen LogP) is 2.72. The maximum Gasteiger partial charge on any atom is 0.340 e. The largest absolute Gasteiger partial charge is 0.462 e. The van der Waals surface area contributed by atoms with Gasteiger partial charge in [0.15, 0.2) is 0 Å². The van der Waals surface area contributed by atoms with Crippen LogP contribution in [0.3, 0.4) is 0 Å². The second-order valence-corrected chi connectivity index (χ2v) is 4.81. The van der Waals surface area contributed by atoms with E-state index in [2.05, 4.69) is 9.98 Å². The number of hydrogen-bond donors (Lipinski definition) is 0. The zero-order valence-corrected chi connectivity index (χ0v) is 12.5. The molecule has 0 spiro atoms. The van der Waals surface area contributed by atoms with Crippen molar-refractivity contribution >= 4 is 34.3 Å². The summed E-state index contributed by atoms with van der Waals surface area (Å²) in [5, 5.41) is 2.44. The molecule has 0 radical (unpaired) electrons. The van der Waals surface area contributed by atoms with Crippen molar-refractivity contribution in [1.29, 1.82) is 0 Å². The summed E-state index contributed by atoms with van der Waals surface area (Å²) >= 11 is 1.40. The topological polar surface area (TPSA) is 54.8 Å². The summed E-state index contributed by atoms with van der Waals surface area (Å²) in [5.41, 5.74) is 1.13. The Morgan fingerprint density at radius 3 is 2.84 bits per heavy atom. The van der Waals surface area contributed by atoms with Gasteiger partial charge in [0.2, 0.25) is 5.13 Å². The number of rotatable bonds is 6. The third-order valence-corrected chi connectivity index (χ3v) is 2.82. The minimum atomic E-state index is -0.335. The summed E-state index contributed by atoms with van der Waals surface area (Å²) < 4.78 is 5.03. The first kappa shape index (κ1) is 15.4. The van der Waals surface area contributed by atoms with Crippen molar-refractivity contribution in [2.75, 3.05) is 20.7 Å². The Kier molecular flexibility index (Phi) is 6.21. The number of hydrogen-bond acceptors (Lipinski definition) is 5. The Hall–Kier alpha value is -1.69. The Bertz CT molecular complexity index is 478. The van der Waals surface area contributed by atoms with E-state index in [0.717, 1.165) is 6.42 Å². The van der Waals surface area contributed by atoms with Gasteiger partial charge in [-0.25, -0.2) is 14.8 Å². The van der Waals surface area contributed by atoms with Crippen LogP contribution in [0.25, 0.3) is 5.57 Å². The monoisotopic (exact) mass is 281 g/mol. The van der Waals surface area contributed by atoms with Crippen molar-refractivity contribution in [2.45, 2.75) is 20.3 Å². The van der Waals surface area contributed by atoms with Crippen molar-refractivity contribution in [2.24, 2.45) is 4.99 Å². The van der Waals surface area contributed by atoms with Gasteiger partial charge in [0, 0.05) is 19.5 Å². The van der Waals surface area contributed by atoms with E-state index in [1.807, 2.05) is 37.4 Å². The van der Waals surface area contributed by atoms with Gasteiger partial charge in [-0.05, 0) is 13.3 Å². The fourth-order valence-electron chi connectivity index (χ4n) is 1.32. The molecule has 5 nitrogen and oxygen atoms in total. The number of carbonyl (C=O) groups is 1. The lowest BCUT2D eigenvalue weighted by Crippen LogP contribution is -2.07. The first-order valence-corrected chi connectivity index (χ1v) is 7.00. The molecule has 1 aromatic heterocycles. The van der Waals surface area contributed by atoms with E-state index >= 15 is 0 Å². The van der Waals surface area contributed by atoms with Crippen molar-refractivity contribution in [3.8, 4) is 0 Å². The summed E-state index contributed by atoms with van der Waals surface area (Å²) in [6.45, 7) is 4.11. The Labute approximate surface area is 117 Å². The highest BCUT2D eigenvalue weighted by Gasteiger charge is 2.15. The van der Waals surface area contributed by atoms with E-state index in [4.69, 9.17) is 4.74 Å². The molecule has 0 saturated carbocycles. The van der Waals surface area contributed by atoms with Gasteiger partial charge in [-0.3, -0.25) is 0 Å². The second-order valence-electron chi connectivity index (χ2n) is 3.97. The van der Waals surface area contributed by atoms with Crippen LogP contribution in [-0.2, 0) is 9.53 Å². The fraction of sp³-hybridized carbons (Fsp3) is 0.462. The molecule has 0 amide bonds. The standard InChI is InChI=1S/C13H19N3O2S/c1-5-7-10(12(17)18-6-2)11-8-19-13(15-11)14-9-16(3)4/h7-9H,5-6H2,1-4H3/b10-7+,14-9+. The van der Waals surface area contributed by atoms with Crippen molar-refractivity contribution < 1.29 is 9.53 Å². The highest BCUT2D eigenvalue weighted by molar-refractivity contribution is 7.13. The maximum atomic E-state index is 11.8. The third kappa shape index (κ3) is 4.82. The second kappa shape index (κ2) is 7.68. The molecule has 0 aromatic carbocycles. The van der Waals surface area contributed by atoms with Gasteiger partial charge in [0.25, 0.3) is 0 Å². The zero-order valence-electron chi connectivity index (χ0n) is 11.7. The molecule has 0 bridgehead atoms. The molecule has 0 saturated heterocycles. The Morgan fingerprint density at radius 2 is 2.26 bits per heavy atom. The number of ether oxygens (including phenoxy) is 1. The molecular weight excluding hydrogens is 262 g/mol. The average Bonchev–Trinajstić information content (AvgIpc) is 2.82. The van der Waals surface area contributed by atoms with Gasteiger partial charge < -0.3 is 9.64 Å². The van der Waals surface area contributed by atoms with Gasteiger partial charge in [-0.2, -0.15) is 0 Å². The van der Waals surface area contributed by atoms with Crippen LogP contribution in [0.15, 0.2) is 16.4 Å². The number of aliphatic imine (C=N–C) groups is 1. The van der Waals surface area contributed by atoms with Crippen molar-refractivity contribution in [3.05, 3.63) is 17.2 Å². The van der Waals surface area contributed by atoms with E-state index in [0.29, 0.717) is 23.0 Å². The molecule has 6 heteroatoms. The van der Waals surface area contributed by atoms with Crippen LogP contribution < -0.4 is 0 Å². The smallest absolute Gasteiger partial charge is 0.340 e. The molecule has 0 atom stereocenters. The summed E-state index contributed by atoms with van der Waals surface area (Å²) in [6.07, 6.45) is 4.25. The fourth-order valence-corrected chi connectivity index (χ4v) is 1.97. The molecule has 0 aliphatic carbocycles. The number of esters is 1. The predicted molar refractivity (Wildman–Crippen MR) is 78.9 cm³/mol. The molecule has 0 aliphatic rings. The highest BCUT2D eigenvalue weighted by Crippen LogP contribution is 2.24. The maximum absolute atomic E-state index is 11.8. The molecule has 0 fully saturated rings. The number of nitrogens with zero attached hydrogens (tertiary/aromatic N) is 3. The van der Waals surface area contributed by atoms with E-state index in [9.17, 15) is 4.79 Å². The first-order chi connectivity index (χ1) is 9.08. The van der Waals surface area contributed by atoms with Crippen molar-refractivity contribution in [3.63, 3.8) is 0 Å². The van der Waals surface area contributed by atoms with Crippen LogP contribution in [0, 0.1) is 0 Å². The quantitative estimate of drug-likeness (QED) is 0.348. The first-order valence-electron chi connectivity index (χ1n) is 6.12. The summed E-state index contributed by atoms with van der Waals surface area (Å²) in [6, 6.07) is 0. The van der Waals surface area contributed by atoms with Crippen LogP contribution in [-0.4, -0.2) is 42.9 Å². The van der Waals surface area contributed by atoms with Crippen LogP contribution in [0.4, 0.5) is 5.13 Å². The molecular formula is C13H19N3O2S. The summed E-state index contributed by atoms with van der Waals surface area (Å²) in [4.78, 5) is 22.2. The van der Waals surface area contributed by atoms with E-state index in [1.165, 1.54) is 11.3 Å². The zero-order chi connectivity index (χ0) is 14.3. The molecule has 104 valence electrons. The lowest BCUT2D eigenvalue weighted by molar-refractivity contribution is -0.136. The third-order valence-electron chi connectivity index (χ3n) is 2.07. The summed E-state index contributed by atoms with van der Waals surface area (Å²) in [5.74, 6) is -0.335. The minimum absolute atomic E-state index is 0.335. The molecule has 1 heterocycles. The molecule has 0 aliphatic heterocycles.